The van der Waals surface area contributed by atoms with Gasteiger partial charge in [-0.15, -0.1) is 0 Å². The van der Waals surface area contributed by atoms with Gasteiger partial charge in [0.05, 0.1) is 4.92 Å². The average molecular weight is 301 g/mol. The summed E-state index contributed by atoms with van der Waals surface area (Å²) in [6.45, 7) is 0. The van der Waals surface area contributed by atoms with E-state index in [1.54, 1.807) is 24.4 Å². The molecule has 1 heterocycles. The number of aromatic amines is 1. The quantitative estimate of drug-likeness (QED) is 0.456. The first-order valence-corrected chi connectivity index (χ1v) is 7.09. The van der Waals surface area contributed by atoms with Gasteiger partial charge in [0.1, 0.15) is 0 Å². The zero-order chi connectivity index (χ0) is 15.0. The molecule has 1 atom stereocenters. The fourth-order valence-electron chi connectivity index (χ4n) is 2.21. The summed E-state index contributed by atoms with van der Waals surface area (Å²) in [5.74, 6) is 0. The van der Waals surface area contributed by atoms with Crippen molar-refractivity contribution in [2.24, 2.45) is 0 Å². The number of rotatable bonds is 3. The highest BCUT2D eigenvalue weighted by Gasteiger charge is 2.11. The van der Waals surface area contributed by atoms with Crippen molar-refractivity contribution in [3.8, 4) is 11.1 Å². The topological polar surface area (TPSA) is 99.1 Å². The molecule has 0 aliphatic rings. The Morgan fingerprint density at radius 3 is 2.43 bits per heavy atom. The smallest absolute Gasteiger partial charge is 0.270 e. The highest BCUT2D eigenvalue weighted by Crippen LogP contribution is 2.31. The molecular formula is C14H9N2O4S-. The van der Waals surface area contributed by atoms with E-state index in [-0.39, 0.29) is 10.6 Å². The first kappa shape index (κ1) is 13.5. The average Bonchev–Trinajstić information content (AvgIpc) is 2.90. The summed E-state index contributed by atoms with van der Waals surface area (Å²) in [5, 5.41) is 11.6. The van der Waals surface area contributed by atoms with Gasteiger partial charge < -0.3 is 9.54 Å². The number of hydrogen-bond acceptors (Lipinski definition) is 4. The normalized spacial score (nSPS) is 12.4. The molecule has 3 rings (SSSR count). The lowest BCUT2D eigenvalue weighted by Crippen LogP contribution is -1.88. The molecule has 1 aromatic heterocycles. The summed E-state index contributed by atoms with van der Waals surface area (Å²) in [5.41, 5.74) is 2.38. The largest absolute Gasteiger partial charge is 0.768 e. The van der Waals surface area contributed by atoms with Crippen LogP contribution in [0.4, 0.5) is 5.69 Å². The summed E-state index contributed by atoms with van der Waals surface area (Å²) in [6.07, 6.45) is 1.75. The highest BCUT2D eigenvalue weighted by atomic mass is 32.2. The SMILES string of the molecule is O=[N+]([O-])c1ccc2[nH]cc(-c3ccc(S(=O)[O-])cc3)c2c1. The van der Waals surface area contributed by atoms with Crippen LogP contribution < -0.4 is 0 Å². The fourth-order valence-corrected chi connectivity index (χ4v) is 2.56. The van der Waals surface area contributed by atoms with Crippen molar-refractivity contribution in [1.29, 1.82) is 0 Å². The Labute approximate surface area is 121 Å². The first-order chi connectivity index (χ1) is 10.1. The highest BCUT2D eigenvalue weighted by molar-refractivity contribution is 7.79. The number of non-ortho nitro benzene ring substituents is 1. The first-order valence-electron chi connectivity index (χ1n) is 6.01. The molecule has 6 nitrogen and oxygen atoms in total. The van der Waals surface area contributed by atoms with Crippen LogP contribution in [0.15, 0.2) is 53.6 Å². The van der Waals surface area contributed by atoms with Crippen LogP contribution >= 0.6 is 0 Å². The molecular weight excluding hydrogens is 292 g/mol. The van der Waals surface area contributed by atoms with E-state index in [9.17, 15) is 18.9 Å². The number of fused-ring (bicyclic) bond motifs is 1. The molecule has 0 saturated carbocycles. The van der Waals surface area contributed by atoms with Crippen molar-refractivity contribution in [2.45, 2.75) is 4.90 Å². The zero-order valence-electron chi connectivity index (χ0n) is 10.6. The summed E-state index contributed by atoms with van der Waals surface area (Å²) in [7, 11) is 0. The van der Waals surface area contributed by atoms with E-state index in [1.807, 2.05) is 0 Å². The maximum atomic E-state index is 10.9. The summed E-state index contributed by atoms with van der Waals surface area (Å²) >= 11 is -2.27. The van der Waals surface area contributed by atoms with Crippen LogP contribution in [0.3, 0.4) is 0 Å². The van der Waals surface area contributed by atoms with Crippen LogP contribution in [-0.4, -0.2) is 18.7 Å². The third-order valence-electron chi connectivity index (χ3n) is 3.23. The third-order valence-corrected chi connectivity index (χ3v) is 3.89. The van der Waals surface area contributed by atoms with Crippen LogP contribution in [-0.2, 0) is 11.1 Å². The Morgan fingerprint density at radius 2 is 1.81 bits per heavy atom. The number of nitrogens with one attached hydrogen (secondary N) is 1. The molecule has 0 fully saturated rings. The number of nitro groups is 1. The number of benzene rings is 2. The van der Waals surface area contributed by atoms with Gasteiger partial charge in [-0.2, -0.15) is 0 Å². The van der Waals surface area contributed by atoms with Crippen LogP contribution in [0.5, 0.6) is 0 Å². The zero-order valence-corrected chi connectivity index (χ0v) is 11.4. The molecule has 0 aliphatic heterocycles. The van der Waals surface area contributed by atoms with Gasteiger partial charge in [0.15, 0.2) is 0 Å². The van der Waals surface area contributed by atoms with E-state index >= 15 is 0 Å². The molecule has 0 saturated heterocycles. The number of aromatic nitrogens is 1. The van der Waals surface area contributed by atoms with Gasteiger partial charge in [-0.25, -0.2) is 0 Å². The van der Waals surface area contributed by atoms with Crippen molar-refractivity contribution >= 4 is 27.7 Å². The Hall–Kier alpha value is -2.51. The van der Waals surface area contributed by atoms with Crippen LogP contribution in [0.2, 0.25) is 0 Å². The molecule has 3 aromatic rings. The molecule has 7 heteroatoms. The molecule has 21 heavy (non-hydrogen) atoms. The number of nitrogens with zero attached hydrogens (tertiary/aromatic N) is 1. The fraction of sp³-hybridized carbons (Fsp3) is 0. The van der Waals surface area contributed by atoms with Gasteiger partial charge in [0, 0.05) is 39.7 Å². The van der Waals surface area contributed by atoms with Gasteiger partial charge in [-0.3, -0.25) is 14.3 Å². The van der Waals surface area contributed by atoms with Crippen LogP contribution in [0.1, 0.15) is 0 Å². The van der Waals surface area contributed by atoms with Gasteiger partial charge in [-0.1, -0.05) is 12.1 Å². The third kappa shape index (κ3) is 2.44. The molecule has 106 valence electrons. The molecule has 0 amide bonds. The van der Waals surface area contributed by atoms with Crippen molar-refractivity contribution < 1.29 is 13.7 Å². The summed E-state index contributed by atoms with van der Waals surface area (Å²) < 4.78 is 21.7. The lowest BCUT2D eigenvalue weighted by atomic mass is 10.0. The molecule has 0 spiro atoms. The van der Waals surface area contributed by atoms with Crippen LogP contribution in [0.25, 0.3) is 22.0 Å². The Morgan fingerprint density at radius 1 is 1.10 bits per heavy atom. The van der Waals surface area contributed by atoms with E-state index in [0.717, 1.165) is 22.0 Å². The summed E-state index contributed by atoms with van der Waals surface area (Å²) in [6, 6.07) is 10.9. The second-order valence-electron chi connectivity index (χ2n) is 4.45. The Balaban J connectivity index is 2.13. The Kier molecular flexibility index (Phi) is 3.28. The number of hydrogen-bond donors (Lipinski definition) is 1. The second kappa shape index (κ2) is 5.12. The lowest BCUT2D eigenvalue weighted by Gasteiger charge is -2.06. The van der Waals surface area contributed by atoms with E-state index < -0.39 is 16.0 Å². The van der Waals surface area contributed by atoms with Crippen molar-refractivity contribution in [3.05, 3.63) is 58.8 Å². The predicted octanol–water partition coefficient (Wildman–Crippen LogP) is 2.98. The van der Waals surface area contributed by atoms with Gasteiger partial charge >= 0.3 is 0 Å². The van der Waals surface area contributed by atoms with Gasteiger partial charge in [0.25, 0.3) is 5.69 Å². The van der Waals surface area contributed by atoms with Gasteiger partial charge in [-0.05, 0) is 34.8 Å². The maximum Gasteiger partial charge on any atom is 0.270 e. The number of H-pyrrole nitrogens is 1. The molecule has 0 radical (unpaired) electrons. The van der Waals surface area contributed by atoms with Crippen molar-refractivity contribution in [1.82, 2.24) is 4.98 Å². The van der Waals surface area contributed by atoms with E-state index in [2.05, 4.69) is 4.98 Å². The maximum absolute atomic E-state index is 10.9. The lowest BCUT2D eigenvalue weighted by molar-refractivity contribution is -0.384. The minimum absolute atomic E-state index is 0.0145. The minimum atomic E-state index is -2.27. The Bertz CT molecular complexity index is 855. The molecule has 1 N–H and O–H groups in total. The van der Waals surface area contributed by atoms with Crippen molar-refractivity contribution in [3.63, 3.8) is 0 Å². The summed E-state index contributed by atoms with van der Waals surface area (Å²) in [4.78, 5) is 13.7. The molecule has 1 unspecified atom stereocenters. The van der Waals surface area contributed by atoms with Crippen LogP contribution in [0, 0.1) is 10.1 Å². The molecule has 2 aromatic carbocycles. The standard InChI is InChI=1S/C14H10N2O4S/c17-16(18)10-3-6-14-12(7-10)13(8-15-14)9-1-4-11(5-2-9)21(19)20/h1-8,15H,(H,19,20)/p-1. The molecule has 0 aliphatic carbocycles. The van der Waals surface area contributed by atoms with Gasteiger partial charge in [0.2, 0.25) is 0 Å². The predicted molar refractivity (Wildman–Crippen MR) is 77.6 cm³/mol. The second-order valence-corrected chi connectivity index (χ2v) is 5.39. The molecule has 0 bridgehead atoms. The monoisotopic (exact) mass is 301 g/mol. The van der Waals surface area contributed by atoms with E-state index in [1.165, 1.54) is 24.3 Å². The van der Waals surface area contributed by atoms with E-state index in [4.69, 9.17) is 0 Å². The van der Waals surface area contributed by atoms with E-state index in [0.29, 0.717) is 0 Å². The van der Waals surface area contributed by atoms with Crippen molar-refractivity contribution in [2.75, 3.05) is 0 Å². The minimum Gasteiger partial charge on any atom is -0.768 e. The number of nitro benzene ring substituents is 1.